The van der Waals surface area contributed by atoms with E-state index in [9.17, 15) is 4.79 Å². The summed E-state index contributed by atoms with van der Waals surface area (Å²) >= 11 is 6.92. The number of carbonyl (C=O) groups excluding carboxylic acids is 1. The van der Waals surface area contributed by atoms with E-state index in [0.717, 1.165) is 10.4 Å². The molecule has 3 aromatic rings. The topological polar surface area (TPSA) is 81.2 Å². The first kappa shape index (κ1) is 18.7. The van der Waals surface area contributed by atoms with Gasteiger partial charge in [0, 0.05) is 0 Å². The first-order valence-electron chi connectivity index (χ1n) is 8.80. The summed E-state index contributed by atoms with van der Waals surface area (Å²) in [5.74, 6) is 1.90. The molecule has 1 aliphatic rings. The Labute approximate surface area is 171 Å². The fourth-order valence-corrected chi connectivity index (χ4v) is 4.13. The monoisotopic (exact) mass is 416 g/mol. The highest BCUT2D eigenvalue weighted by atomic mass is 32.1. The summed E-state index contributed by atoms with van der Waals surface area (Å²) in [4.78, 5) is 14.0. The molecule has 2 aromatic heterocycles. The van der Waals surface area contributed by atoms with E-state index in [0.29, 0.717) is 22.1 Å². The lowest BCUT2D eigenvalue weighted by Gasteiger charge is -2.29. The van der Waals surface area contributed by atoms with E-state index in [1.54, 1.807) is 15.9 Å². The number of fused-ring (bicyclic) bond motifs is 1. The maximum absolute atomic E-state index is 13.1. The van der Waals surface area contributed by atoms with Gasteiger partial charge in [-0.15, -0.1) is 11.3 Å². The van der Waals surface area contributed by atoms with Gasteiger partial charge in [0.25, 0.3) is 0 Å². The van der Waals surface area contributed by atoms with E-state index in [1.807, 2.05) is 56.5 Å². The number of benzene rings is 1. The summed E-state index contributed by atoms with van der Waals surface area (Å²) in [6.45, 7) is 5.92. The standard InChI is InChI=1S/C19H20N4O3S2/c1-11(23-16(21-22-18(23)27)15-5-4-8-28-15)17(24)20-19(2,3)12-6-7-13-14(9-12)26-10-25-13/h4-9,11H,10H2,1-3H3,(H,20,24)(H,22,27). The molecule has 2 N–H and O–H groups in total. The minimum absolute atomic E-state index is 0.155. The van der Waals surface area contributed by atoms with Crippen molar-refractivity contribution in [2.45, 2.75) is 32.4 Å². The van der Waals surface area contributed by atoms with Crippen LogP contribution in [0, 0.1) is 4.77 Å². The van der Waals surface area contributed by atoms with E-state index in [1.165, 1.54) is 0 Å². The second-order valence-electron chi connectivity index (χ2n) is 7.06. The van der Waals surface area contributed by atoms with Gasteiger partial charge in [0.1, 0.15) is 6.04 Å². The molecule has 28 heavy (non-hydrogen) atoms. The van der Waals surface area contributed by atoms with E-state index >= 15 is 0 Å². The van der Waals surface area contributed by atoms with Crippen molar-refractivity contribution in [2.24, 2.45) is 0 Å². The zero-order chi connectivity index (χ0) is 19.9. The Morgan fingerprint density at radius 2 is 2.14 bits per heavy atom. The predicted octanol–water partition coefficient (Wildman–Crippen LogP) is 4.01. The van der Waals surface area contributed by atoms with Crippen LogP contribution >= 0.6 is 23.6 Å². The average molecular weight is 417 g/mol. The molecule has 146 valence electrons. The number of ether oxygens (including phenoxy) is 2. The normalized spacial score (nSPS) is 14.1. The summed E-state index contributed by atoms with van der Waals surface area (Å²) in [7, 11) is 0. The summed E-state index contributed by atoms with van der Waals surface area (Å²) in [6, 6.07) is 9.04. The molecule has 0 saturated heterocycles. The van der Waals surface area contributed by atoms with Crippen LogP contribution in [0.15, 0.2) is 35.7 Å². The smallest absolute Gasteiger partial charge is 0.243 e. The number of rotatable bonds is 5. The van der Waals surface area contributed by atoms with Crippen LogP contribution in [-0.2, 0) is 10.3 Å². The minimum atomic E-state index is -0.610. The Kier molecular flexibility index (Phi) is 4.72. The van der Waals surface area contributed by atoms with Gasteiger partial charge in [0.15, 0.2) is 22.1 Å². The molecule has 1 unspecified atom stereocenters. The third-order valence-electron chi connectivity index (χ3n) is 4.74. The number of H-pyrrole nitrogens is 1. The number of carbonyl (C=O) groups is 1. The molecule has 3 heterocycles. The predicted molar refractivity (Wildman–Crippen MR) is 109 cm³/mol. The molecule has 1 atom stereocenters. The zero-order valence-electron chi connectivity index (χ0n) is 15.7. The Balaban J connectivity index is 1.58. The van der Waals surface area contributed by atoms with Crippen LogP contribution in [0.4, 0.5) is 0 Å². The highest BCUT2D eigenvalue weighted by molar-refractivity contribution is 7.71. The van der Waals surface area contributed by atoms with Crippen molar-refractivity contribution in [1.82, 2.24) is 20.1 Å². The van der Waals surface area contributed by atoms with E-state index in [-0.39, 0.29) is 12.7 Å². The largest absolute Gasteiger partial charge is 0.454 e. The maximum atomic E-state index is 13.1. The highest BCUT2D eigenvalue weighted by Crippen LogP contribution is 2.36. The quantitative estimate of drug-likeness (QED) is 0.614. The highest BCUT2D eigenvalue weighted by Gasteiger charge is 2.29. The maximum Gasteiger partial charge on any atom is 0.243 e. The number of hydrogen-bond acceptors (Lipinski definition) is 6. The van der Waals surface area contributed by atoms with E-state index in [4.69, 9.17) is 21.7 Å². The molecule has 0 bridgehead atoms. The van der Waals surface area contributed by atoms with Crippen molar-refractivity contribution in [3.8, 4) is 22.2 Å². The molecule has 0 radical (unpaired) electrons. The average Bonchev–Trinajstić information content (AvgIpc) is 3.40. The molecule has 0 aliphatic carbocycles. The SMILES string of the molecule is CC(C(=O)NC(C)(C)c1ccc2c(c1)OCO2)n1c(-c2cccs2)n[nH]c1=S. The molecule has 4 rings (SSSR count). The van der Waals surface area contributed by atoms with Crippen molar-refractivity contribution < 1.29 is 14.3 Å². The zero-order valence-corrected chi connectivity index (χ0v) is 17.3. The second kappa shape index (κ2) is 7.06. The lowest BCUT2D eigenvalue weighted by atomic mass is 9.93. The molecule has 0 saturated carbocycles. The Morgan fingerprint density at radius 1 is 1.36 bits per heavy atom. The van der Waals surface area contributed by atoms with Crippen molar-refractivity contribution in [2.75, 3.05) is 6.79 Å². The van der Waals surface area contributed by atoms with Crippen LogP contribution in [-0.4, -0.2) is 27.5 Å². The lowest BCUT2D eigenvalue weighted by molar-refractivity contribution is -0.125. The first-order chi connectivity index (χ1) is 13.4. The van der Waals surface area contributed by atoms with Crippen LogP contribution < -0.4 is 14.8 Å². The van der Waals surface area contributed by atoms with Crippen LogP contribution in [0.1, 0.15) is 32.4 Å². The Hall–Kier alpha value is -2.65. The molecular weight excluding hydrogens is 396 g/mol. The summed E-state index contributed by atoms with van der Waals surface area (Å²) in [5, 5.41) is 12.2. The van der Waals surface area contributed by atoms with Crippen LogP contribution in [0.2, 0.25) is 0 Å². The second-order valence-corrected chi connectivity index (χ2v) is 8.39. The Morgan fingerprint density at radius 3 is 2.89 bits per heavy atom. The van der Waals surface area contributed by atoms with Gasteiger partial charge in [-0.25, -0.2) is 0 Å². The van der Waals surface area contributed by atoms with Gasteiger partial charge in [-0.2, -0.15) is 5.10 Å². The lowest BCUT2D eigenvalue weighted by Crippen LogP contribution is -2.44. The first-order valence-corrected chi connectivity index (χ1v) is 10.1. The molecule has 1 amide bonds. The fraction of sp³-hybridized carbons (Fsp3) is 0.316. The van der Waals surface area contributed by atoms with Crippen LogP contribution in [0.3, 0.4) is 0 Å². The van der Waals surface area contributed by atoms with E-state index in [2.05, 4.69) is 15.5 Å². The number of aromatic nitrogens is 3. The molecule has 9 heteroatoms. The minimum Gasteiger partial charge on any atom is -0.454 e. The number of aromatic amines is 1. The van der Waals surface area contributed by atoms with Crippen molar-refractivity contribution in [3.63, 3.8) is 0 Å². The fourth-order valence-electron chi connectivity index (χ4n) is 3.13. The third-order valence-corrected chi connectivity index (χ3v) is 5.90. The van der Waals surface area contributed by atoms with E-state index < -0.39 is 11.6 Å². The Bertz CT molecular complexity index is 1070. The van der Waals surface area contributed by atoms with Crippen molar-refractivity contribution in [1.29, 1.82) is 0 Å². The van der Waals surface area contributed by atoms with Gasteiger partial charge in [0.05, 0.1) is 10.4 Å². The molecule has 0 fully saturated rings. The van der Waals surface area contributed by atoms with Gasteiger partial charge >= 0.3 is 0 Å². The van der Waals surface area contributed by atoms with Gasteiger partial charge in [-0.3, -0.25) is 14.5 Å². The van der Waals surface area contributed by atoms with Gasteiger partial charge in [-0.1, -0.05) is 12.1 Å². The number of nitrogens with one attached hydrogen (secondary N) is 2. The molecule has 0 spiro atoms. The summed E-state index contributed by atoms with van der Waals surface area (Å²) in [6.07, 6.45) is 0. The third kappa shape index (κ3) is 3.31. The van der Waals surface area contributed by atoms with Crippen molar-refractivity contribution in [3.05, 3.63) is 46.0 Å². The van der Waals surface area contributed by atoms with Gasteiger partial charge in [-0.05, 0) is 62.1 Å². The molecule has 1 aromatic carbocycles. The number of hydrogen-bond donors (Lipinski definition) is 2. The number of amides is 1. The molecular formula is C19H20N4O3S2. The van der Waals surface area contributed by atoms with Crippen molar-refractivity contribution >= 4 is 29.5 Å². The van der Waals surface area contributed by atoms with Gasteiger partial charge in [0.2, 0.25) is 12.7 Å². The molecule has 1 aliphatic heterocycles. The summed E-state index contributed by atoms with van der Waals surface area (Å²) in [5.41, 5.74) is 0.313. The van der Waals surface area contributed by atoms with Crippen LogP contribution in [0.25, 0.3) is 10.7 Å². The molecule has 7 nitrogen and oxygen atoms in total. The van der Waals surface area contributed by atoms with Gasteiger partial charge < -0.3 is 14.8 Å². The number of thiophene rings is 1. The number of nitrogens with zero attached hydrogens (tertiary/aromatic N) is 2. The van der Waals surface area contributed by atoms with Crippen LogP contribution in [0.5, 0.6) is 11.5 Å². The summed E-state index contributed by atoms with van der Waals surface area (Å²) < 4.78 is 13.0.